The van der Waals surface area contributed by atoms with Gasteiger partial charge in [-0.2, -0.15) is 8.75 Å². The molecule has 2 N–H and O–H groups in total. The summed E-state index contributed by atoms with van der Waals surface area (Å²) in [7, 11) is 0. The van der Waals surface area contributed by atoms with Crippen LogP contribution in [0.15, 0.2) is 6.20 Å². The van der Waals surface area contributed by atoms with E-state index in [1.54, 1.807) is 0 Å². The number of aromatic nitrogens is 2. The highest BCUT2D eigenvalue weighted by Crippen LogP contribution is 2.33. The predicted molar refractivity (Wildman–Crippen MR) is 69.4 cm³/mol. The van der Waals surface area contributed by atoms with Crippen molar-refractivity contribution < 1.29 is 9.90 Å². The lowest BCUT2D eigenvalue weighted by Crippen LogP contribution is -2.45. The Morgan fingerprint density at radius 3 is 2.89 bits per heavy atom. The zero-order valence-corrected chi connectivity index (χ0v) is 11.4. The van der Waals surface area contributed by atoms with E-state index in [1.807, 2.05) is 0 Å². The Kier molecular flexibility index (Phi) is 4.29. The summed E-state index contributed by atoms with van der Waals surface area (Å²) in [6, 6.07) is 0. The van der Waals surface area contributed by atoms with Gasteiger partial charge in [-0.3, -0.25) is 4.79 Å². The molecule has 5 nitrogen and oxygen atoms in total. The molecule has 0 bridgehead atoms. The lowest BCUT2D eigenvalue weighted by molar-refractivity contribution is -0.00789. The number of hydrogen-bond acceptors (Lipinski definition) is 5. The Morgan fingerprint density at radius 1 is 1.61 bits per heavy atom. The average Bonchev–Trinajstić information content (AvgIpc) is 2.91. The van der Waals surface area contributed by atoms with Crippen LogP contribution in [0.2, 0.25) is 0 Å². The molecule has 1 amide bonds. The van der Waals surface area contributed by atoms with Gasteiger partial charge in [0, 0.05) is 6.54 Å². The first-order chi connectivity index (χ1) is 8.63. The maximum Gasteiger partial charge on any atom is 0.272 e. The van der Waals surface area contributed by atoms with Crippen LogP contribution in [0.3, 0.4) is 0 Å². The van der Waals surface area contributed by atoms with Crippen molar-refractivity contribution in [2.75, 3.05) is 6.54 Å². The van der Waals surface area contributed by atoms with Gasteiger partial charge in [-0.05, 0) is 31.6 Å². The zero-order valence-electron chi connectivity index (χ0n) is 10.6. The van der Waals surface area contributed by atoms with Crippen molar-refractivity contribution in [1.82, 2.24) is 14.1 Å². The van der Waals surface area contributed by atoms with Gasteiger partial charge in [0.25, 0.3) is 5.91 Å². The smallest absolute Gasteiger partial charge is 0.272 e. The van der Waals surface area contributed by atoms with E-state index in [0.29, 0.717) is 12.2 Å². The van der Waals surface area contributed by atoms with Crippen molar-refractivity contribution in [1.29, 1.82) is 0 Å². The lowest BCUT2D eigenvalue weighted by Gasteiger charge is -2.35. The molecule has 1 aromatic rings. The molecule has 0 spiro atoms. The normalized spacial score (nSPS) is 28.0. The Balaban J connectivity index is 1.81. The number of carbonyl (C=O) groups is 1. The van der Waals surface area contributed by atoms with Crippen molar-refractivity contribution in [3.8, 4) is 0 Å². The molecule has 1 aliphatic carbocycles. The van der Waals surface area contributed by atoms with Crippen molar-refractivity contribution in [2.24, 2.45) is 5.92 Å². The highest BCUT2D eigenvalue weighted by molar-refractivity contribution is 6.99. The van der Waals surface area contributed by atoms with Crippen LogP contribution in [0.25, 0.3) is 0 Å². The molecular formula is C12H19N3O2S. The van der Waals surface area contributed by atoms with Crippen LogP contribution in [0.5, 0.6) is 0 Å². The maximum absolute atomic E-state index is 11.7. The third-order valence-corrected chi connectivity index (χ3v) is 4.26. The molecule has 0 unspecified atom stereocenters. The van der Waals surface area contributed by atoms with Crippen LogP contribution in [0.1, 0.15) is 49.5 Å². The zero-order chi connectivity index (χ0) is 13.0. The molecule has 1 aromatic heterocycles. The molecule has 0 saturated heterocycles. The van der Waals surface area contributed by atoms with Gasteiger partial charge in [-0.25, -0.2) is 0 Å². The minimum atomic E-state index is -0.745. The monoisotopic (exact) mass is 269 g/mol. The number of aliphatic hydroxyl groups is 1. The molecule has 0 aliphatic heterocycles. The molecule has 1 heterocycles. The van der Waals surface area contributed by atoms with E-state index in [9.17, 15) is 9.90 Å². The molecule has 6 heteroatoms. The Labute approximate surface area is 111 Å². The summed E-state index contributed by atoms with van der Waals surface area (Å²) in [6.45, 7) is 2.49. The third-order valence-electron chi connectivity index (χ3n) is 3.79. The lowest BCUT2D eigenvalue weighted by atomic mass is 9.78. The molecule has 100 valence electrons. The molecule has 1 fully saturated rings. The third kappa shape index (κ3) is 3.26. The second-order valence-electron chi connectivity index (χ2n) is 5.05. The van der Waals surface area contributed by atoms with Gasteiger partial charge in [-0.1, -0.05) is 13.3 Å². The Morgan fingerprint density at radius 2 is 2.33 bits per heavy atom. The van der Waals surface area contributed by atoms with Crippen LogP contribution in [0, 0.1) is 5.92 Å². The summed E-state index contributed by atoms with van der Waals surface area (Å²) in [5, 5.41) is 13.1. The van der Waals surface area contributed by atoms with Crippen molar-refractivity contribution >= 4 is 17.6 Å². The van der Waals surface area contributed by atoms with Crippen LogP contribution in [-0.4, -0.2) is 31.9 Å². The molecule has 1 aliphatic rings. The number of nitrogens with zero attached hydrogens (tertiary/aromatic N) is 2. The van der Waals surface area contributed by atoms with Crippen LogP contribution in [0.4, 0.5) is 0 Å². The highest BCUT2D eigenvalue weighted by Gasteiger charge is 2.33. The molecule has 1 saturated carbocycles. The summed E-state index contributed by atoms with van der Waals surface area (Å²) in [4.78, 5) is 11.7. The van der Waals surface area contributed by atoms with E-state index < -0.39 is 5.60 Å². The summed E-state index contributed by atoms with van der Waals surface area (Å²) in [5.41, 5.74) is -0.420. The highest BCUT2D eigenvalue weighted by atomic mass is 32.1. The molecule has 0 atom stereocenters. The van der Waals surface area contributed by atoms with Crippen molar-refractivity contribution in [3.63, 3.8) is 0 Å². The van der Waals surface area contributed by atoms with Crippen LogP contribution < -0.4 is 5.32 Å². The summed E-state index contributed by atoms with van der Waals surface area (Å²) in [5.74, 6) is 0.471. The van der Waals surface area contributed by atoms with Gasteiger partial charge >= 0.3 is 0 Å². The number of nitrogens with one attached hydrogen (secondary N) is 1. The topological polar surface area (TPSA) is 75.1 Å². The maximum atomic E-state index is 11.7. The van der Waals surface area contributed by atoms with Gasteiger partial charge < -0.3 is 10.4 Å². The fraction of sp³-hybridized carbons (Fsp3) is 0.750. The number of rotatable bonds is 4. The van der Waals surface area contributed by atoms with Crippen LogP contribution >= 0.6 is 11.7 Å². The second kappa shape index (κ2) is 5.75. The van der Waals surface area contributed by atoms with E-state index in [4.69, 9.17) is 0 Å². The molecule has 2 rings (SSSR count). The van der Waals surface area contributed by atoms with E-state index in [-0.39, 0.29) is 5.91 Å². The average molecular weight is 269 g/mol. The number of carbonyl (C=O) groups excluding carboxylic acids is 1. The quantitative estimate of drug-likeness (QED) is 0.870. The fourth-order valence-corrected chi connectivity index (χ4v) is 2.81. The molecular weight excluding hydrogens is 250 g/mol. The Hall–Kier alpha value is -1.01. The molecule has 0 radical (unpaired) electrons. The van der Waals surface area contributed by atoms with E-state index >= 15 is 0 Å². The Bertz CT molecular complexity index is 386. The summed E-state index contributed by atoms with van der Waals surface area (Å²) in [6.07, 6.45) is 6.23. The molecule has 18 heavy (non-hydrogen) atoms. The predicted octanol–water partition coefficient (Wildman–Crippen LogP) is 1.60. The second-order valence-corrected chi connectivity index (χ2v) is 5.61. The SMILES string of the molecule is CCC1CCC(O)(CNC(=O)c2cnsn2)CC1. The molecule has 0 aromatic carbocycles. The van der Waals surface area contributed by atoms with Gasteiger partial charge in [0.15, 0.2) is 5.69 Å². The van der Waals surface area contributed by atoms with Gasteiger partial charge in [0.2, 0.25) is 0 Å². The van der Waals surface area contributed by atoms with Gasteiger partial charge in [-0.15, -0.1) is 0 Å². The van der Waals surface area contributed by atoms with Crippen molar-refractivity contribution in [2.45, 2.75) is 44.6 Å². The minimum Gasteiger partial charge on any atom is -0.388 e. The fourth-order valence-electron chi connectivity index (χ4n) is 2.40. The summed E-state index contributed by atoms with van der Waals surface area (Å²) >= 11 is 1.01. The largest absolute Gasteiger partial charge is 0.388 e. The summed E-state index contributed by atoms with van der Waals surface area (Å²) < 4.78 is 7.65. The van der Waals surface area contributed by atoms with E-state index in [1.165, 1.54) is 12.6 Å². The van der Waals surface area contributed by atoms with Gasteiger partial charge in [0.05, 0.1) is 23.5 Å². The minimum absolute atomic E-state index is 0.255. The van der Waals surface area contributed by atoms with Crippen LogP contribution in [-0.2, 0) is 0 Å². The van der Waals surface area contributed by atoms with Crippen molar-refractivity contribution in [3.05, 3.63) is 11.9 Å². The van der Waals surface area contributed by atoms with E-state index in [0.717, 1.165) is 43.3 Å². The van der Waals surface area contributed by atoms with E-state index in [2.05, 4.69) is 21.0 Å². The first-order valence-electron chi connectivity index (χ1n) is 6.41. The van der Waals surface area contributed by atoms with Gasteiger partial charge in [0.1, 0.15) is 0 Å². The first kappa shape index (κ1) is 13.4. The number of amides is 1. The first-order valence-corrected chi connectivity index (χ1v) is 7.14. The number of hydrogen-bond donors (Lipinski definition) is 2. The standard InChI is InChI=1S/C12H19N3O2S/c1-2-9-3-5-12(17,6-4-9)8-13-11(16)10-7-14-18-15-10/h7,9,17H,2-6,8H2,1H3,(H,13,16).